The van der Waals surface area contributed by atoms with Crippen molar-refractivity contribution in [3.05, 3.63) is 65.2 Å². The van der Waals surface area contributed by atoms with Gasteiger partial charge in [-0.3, -0.25) is 25.0 Å². The van der Waals surface area contributed by atoms with Crippen LogP contribution in [0.5, 0.6) is 0 Å². The average molecular weight is 787 g/mol. The van der Waals surface area contributed by atoms with Crippen molar-refractivity contribution in [1.29, 1.82) is 0 Å². The van der Waals surface area contributed by atoms with E-state index in [-0.39, 0.29) is 18.4 Å². The van der Waals surface area contributed by atoms with Gasteiger partial charge in [0, 0.05) is 86.5 Å². The van der Waals surface area contributed by atoms with Gasteiger partial charge in [0.15, 0.2) is 0 Å². The van der Waals surface area contributed by atoms with Crippen LogP contribution >= 0.6 is 54.1 Å². The van der Waals surface area contributed by atoms with Crippen molar-refractivity contribution in [2.75, 3.05) is 74.8 Å². The van der Waals surface area contributed by atoms with Crippen LogP contribution in [0.15, 0.2) is 48.5 Å². The zero-order valence-electron chi connectivity index (χ0n) is 28.7. The highest BCUT2D eigenvalue weighted by Crippen LogP contribution is 2.48. The highest BCUT2D eigenvalue weighted by Gasteiger charge is 2.32. The van der Waals surface area contributed by atoms with E-state index in [2.05, 4.69) is 26.2 Å². The number of nitrogens with zero attached hydrogens (tertiary/aromatic N) is 2. The van der Waals surface area contributed by atoms with Crippen molar-refractivity contribution in [1.82, 2.24) is 25.9 Å². The monoisotopic (exact) mass is 784 g/mol. The molecule has 278 valence electrons. The molecule has 0 aliphatic carbocycles. The summed E-state index contributed by atoms with van der Waals surface area (Å²) < 4.78 is 19.2. The van der Waals surface area contributed by atoms with E-state index in [1.54, 1.807) is 4.67 Å². The summed E-state index contributed by atoms with van der Waals surface area (Å²) >= 11 is 22.8. The van der Waals surface area contributed by atoms with E-state index in [1.807, 2.05) is 69.4 Å². The van der Waals surface area contributed by atoms with E-state index >= 15 is 0 Å². The Morgan fingerprint density at radius 1 is 0.918 bits per heavy atom. The molecule has 1 amide bonds. The Morgan fingerprint density at radius 2 is 1.49 bits per heavy atom. The van der Waals surface area contributed by atoms with Gasteiger partial charge in [-0.05, 0) is 75.5 Å². The molecule has 49 heavy (non-hydrogen) atoms. The lowest BCUT2D eigenvalue weighted by molar-refractivity contribution is -0.137. The fourth-order valence-electron chi connectivity index (χ4n) is 4.48. The summed E-state index contributed by atoms with van der Waals surface area (Å²) in [6.45, 7) is 8.48. The second-order valence-electron chi connectivity index (χ2n) is 11.2. The first-order valence-corrected chi connectivity index (χ1v) is 20.1. The summed E-state index contributed by atoms with van der Waals surface area (Å²) in [5.74, 6) is 1.21. The topological polar surface area (TPSA) is 135 Å². The highest BCUT2D eigenvalue weighted by molar-refractivity contribution is 7.54. The largest absolute Gasteiger partial charge is 0.481 e. The van der Waals surface area contributed by atoms with Gasteiger partial charge in [-0.25, -0.2) is 9.76 Å². The van der Waals surface area contributed by atoms with Gasteiger partial charge >= 0.3 is 13.6 Å². The molecule has 2 aromatic rings. The molecule has 0 radical (unpaired) electrons. The SMILES string of the molecule is CNNCc1ccc(C(=O)NC(C)C)cc1.O=C(O)CCCc1ccc(N(CCCl)CCCl)cc1.O=P1(N(CCCl)CCCl)NCCCO1. The number of nitrogens with one attached hydrogen (secondary N) is 4. The first kappa shape index (κ1) is 45.4. The molecular formula is C33H53Cl4N6O5P. The van der Waals surface area contributed by atoms with Gasteiger partial charge in [-0.15, -0.1) is 46.4 Å². The van der Waals surface area contributed by atoms with E-state index < -0.39 is 13.6 Å². The zero-order valence-corrected chi connectivity index (χ0v) is 32.7. The van der Waals surface area contributed by atoms with Crippen molar-refractivity contribution in [2.45, 2.75) is 52.1 Å². The lowest BCUT2D eigenvalue weighted by atomic mass is 10.1. The fraction of sp³-hybridized carbons (Fsp3) is 0.576. The number of hydrogen-bond donors (Lipinski definition) is 5. The molecule has 3 rings (SSSR count). The number of aryl methyl sites for hydroxylation is 1. The molecule has 5 N–H and O–H groups in total. The van der Waals surface area contributed by atoms with Crippen LogP contribution in [0.4, 0.5) is 5.69 Å². The number of halogens is 4. The third kappa shape index (κ3) is 19.5. The summed E-state index contributed by atoms with van der Waals surface area (Å²) in [7, 11) is -1.02. The van der Waals surface area contributed by atoms with Crippen molar-refractivity contribution in [2.24, 2.45) is 0 Å². The Labute approximate surface area is 312 Å². The number of hydrazine groups is 1. The van der Waals surface area contributed by atoms with Gasteiger partial charge in [0.05, 0.1) is 6.61 Å². The second-order valence-corrected chi connectivity index (χ2v) is 14.8. The molecule has 0 bridgehead atoms. The summed E-state index contributed by atoms with van der Waals surface area (Å²) in [5, 5.41) is 14.4. The number of alkyl halides is 4. The predicted octanol–water partition coefficient (Wildman–Crippen LogP) is 6.31. The normalized spacial score (nSPS) is 15.5. The maximum atomic E-state index is 12.2. The second kappa shape index (κ2) is 27.1. The predicted molar refractivity (Wildman–Crippen MR) is 205 cm³/mol. The number of carboxylic acid groups (broad SMARTS) is 1. The first-order chi connectivity index (χ1) is 23.5. The molecule has 1 unspecified atom stereocenters. The molecule has 0 saturated carbocycles. The van der Waals surface area contributed by atoms with E-state index in [0.29, 0.717) is 55.2 Å². The Balaban J connectivity index is 0.000000372. The Hall–Kier alpha value is -1.63. The van der Waals surface area contributed by atoms with Gasteiger partial charge < -0.3 is 19.8 Å². The standard InChI is InChI=1S/C14H19Cl2NO2.C12H19N3O.C7H15Cl2N2O2P/c15-8-10-17(11-9-16)13-6-4-12(5-7-13)2-1-3-14(18)19;1-9(2)15-12(16)11-6-4-10(5-7-11)8-14-13-3;8-2-5-11(6-3-9)14(12)10-4-1-7-13-14/h4-7H,1-3,8-11H2,(H,18,19);4-7,9,13-14H,8H2,1-3H3,(H,15,16);1-7H2,(H,10,12). The molecule has 16 heteroatoms. The third-order valence-electron chi connectivity index (χ3n) is 6.93. The molecule has 1 aliphatic rings. The van der Waals surface area contributed by atoms with Gasteiger partial charge in [-0.1, -0.05) is 24.3 Å². The van der Waals surface area contributed by atoms with Crippen LogP contribution in [-0.4, -0.2) is 97.6 Å². The lowest BCUT2D eigenvalue weighted by Crippen LogP contribution is -2.35. The number of amides is 1. The maximum absolute atomic E-state index is 12.2. The van der Waals surface area contributed by atoms with Gasteiger partial charge in [0.25, 0.3) is 5.91 Å². The molecule has 0 aromatic heterocycles. The molecule has 2 aromatic carbocycles. The quantitative estimate of drug-likeness (QED) is 0.0627. The van der Waals surface area contributed by atoms with Crippen LogP contribution in [0.1, 0.15) is 54.6 Å². The van der Waals surface area contributed by atoms with Crippen molar-refractivity contribution in [3.63, 3.8) is 0 Å². The lowest BCUT2D eigenvalue weighted by Gasteiger charge is -2.33. The van der Waals surface area contributed by atoms with E-state index in [9.17, 15) is 14.2 Å². The molecule has 1 saturated heterocycles. The highest BCUT2D eigenvalue weighted by atomic mass is 35.5. The first-order valence-electron chi connectivity index (χ1n) is 16.4. The van der Waals surface area contributed by atoms with Gasteiger partial charge in [0.2, 0.25) is 0 Å². The molecule has 1 aliphatic heterocycles. The van der Waals surface area contributed by atoms with Crippen LogP contribution in [0.2, 0.25) is 0 Å². The fourth-order valence-corrected chi connectivity index (χ4v) is 7.53. The Morgan fingerprint density at radius 3 is 1.96 bits per heavy atom. The van der Waals surface area contributed by atoms with Crippen molar-refractivity contribution >= 4 is 71.6 Å². The summed E-state index contributed by atoms with van der Waals surface area (Å²) in [5.41, 5.74) is 9.93. The van der Waals surface area contributed by atoms with Crippen LogP contribution in [0, 0.1) is 0 Å². The van der Waals surface area contributed by atoms with Crippen LogP contribution < -0.4 is 26.2 Å². The number of rotatable bonds is 19. The molecule has 1 atom stereocenters. The van der Waals surface area contributed by atoms with Crippen molar-refractivity contribution in [3.8, 4) is 0 Å². The minimum Gasteiger partial charge on any atom is -0.481 e. The number of carboxylic acids is 1. The molecule has 1 fully saturated rings. The number of benzene rings is 2. The van der Waals surface area contributed by atoms with Crippen LogP contribution in [0.25, 0.3) is 0 Å². The molecule has 1 heterocycles. The number of carbonyl (C=O) groups is 2. The molecular weight excluding hydrogens is 733 g/mol. The molecule has 11 nitrogen and oxygen atoms in total. The van der Waals surface area contributed by atoms with E-state index in [1.165, 1.54) is 0 Å². The van der Waals surface area contributed by atoms with Gasteiger partial charge in [0.1, 0.15) is 0 Å². The Bertz CT molecular complexity index is 1210. The minimum absolute atomic E-state index is 0.0249. The molecule has 0 spiro atoms. The van der Waals surface area contributed by atoms with E-state index in [0.717, 1.165) is 55.8 Å². The minimum atomic E-state index is -2.84. The smallest absolute Gasteiger partial charge is 0.343 e. The van der Waals surface area contributed by atoms with Crippen LogP contribution in [0.3, 0.4) is 0 Å². The zero-order chi connectivity index (χ0) is 36.5. The number of hydrogen-bond acceptors (Lipinski definition) is 7. The maximum Gasteiger partial charge on any atom is 0.343 e. The summed E-state index contributed by atoms with van der Waals surface area (Å²) in [6.07, 6.45) is 2.56. The number of anilines is 1. The number of aliphatic carboxylic acids is 1. The third-order valence-corrected chi connectivity index (χ3v) is 9.90. The van der Waals surface area contributed by atoms with Crippen molar-refractivity contribution < 1.29 is 23.8 Å². The number of carbonyl (C=O) groups excluding carboxylic acids is 1. The summed E-state index contributed by atoms with van der Waals surface area (Å²) in [6, 6.07) is 15.9. The summed E-state index contributed by atoms with van der Waals surface area (Å²) in [4.78, 5) is 24.2. The van der Waals surface area contributed by atoms with Crippen LogP contribution in [-0.2, 0) is 26.8 Å². The van der Waals surface area contributed by atoms with Gasteiger partial charge in [-0.2, -0.15) is 0 Å². The van der Waals surface area contributed by atoms with E-state index in [4.69, 9.17) is 56.0 Å². The Kier molecular flexibility index (Phi) is 25.1. The average Bonchev–Trinajstić information content (AvgIpc) is 3.08.